The molecule has 1 aromatic carbocycles. The van der Waals surface area contributed by atoms with Crippen LogP contribution in [0.25, 0.3) is 0 Å². The number of hydrogen-bond donors (Lipinski definition) is 2. The van der Waals surface area contributed by atoms with Gasteiger partial charge in [0.15, 0.2) is 6.61 Å². The zero-order valence-electron chi connectivity index (χ0n) is 13.8. The third kappa shape index (κ3) is 4.59. The number of benzene rings is 1. The first kappa shape index (κ1) is 18.0. The molecule has 0 spiro atoms. The van der Waals surface area contributed by atoms with E-state index in [4.69, 9.17) is 21.1 Å². The first-order valence-corrected chi connectivity index (χ1v) is 8.20. The lowest BCUT2D eigenvalue weighted by Crippen LogP contribution is -2.52. The molecule has 0 aromatic heterocycles. The number of amides is 1. The SMILES string of the molecule is CO[C@@H]1CCC[C@@H](NC(=O)COc2cc(C)c(Cl)c(C)c2)[C@H]1O. The summed E-state index contributed by atoms with van der Waals surface area (Å²) in [5.41, 5.74) is 1.82. The number of ether oxygens (including phenoxy) is 2. The summed E-state index contributed by atoms with van der Waals surface area (Å²) in [6, 6.07) is 3.32. The molecule has 0 bridgehead atoms. The number of methoxy groups -OCH3 is 1. The van der Waals surface area contributed by atoms with Gasteiger partial charge in [0.05, 0.1) is 12.1 Å². The van der Waals surface area contributed by atoms with Crippen LogP contribution in [0.5, 0.6) is 5.75 Å². The van der Waals surface area contributed by atoms with E-state index in [1.165, 1.54) is 0 Å². The van der Waals surface area contributed by atoms with Crippen molar-refractivity contribution in [1.82, 2.24) is 5.32 Å². The monoisotopic (exact) mass is 341 g/mol. The molecule has 0 unspecified atom stereocenters. The molecule has 23 heavy (non-hydrogen) atoms. The van der Waals surface area contributed by atoms with Crippen molar-refractivity contribution >= 4 is 17.5 Å². The lowest BCUT2D eigenvalue weighted by atomic mass is 9.90. The molecule has 1 aliphatic rings. The molecule has 3 atom stereocenters. The summed E-state index contributed by atoms with van der Waals surface area (Å²) in [5, 5.41) is 13.7. The Labute approximate surface area is 141 Å². The van der Waals surface area contributed by atoms with E-state index in [0.29, 0.717) is 10.8 Å². The predicted molar refractivity (Wildman–Crippen MR) is 89.0 cm³/mol. The van der Waals surface area contributed by atoms with Gasteiger partial charge in [0.25, 0.3) is 5.91 Å². The quantitative estimate of drug-likeness (QED) is 0.863. The Morgan fingerprint density at radius 2 is 2.00 bits per heavy atom. The summed E-state index contributed by atoms with van der Waals surface area (Å²) in [5.74, 6) is 0.356. The first-order valence-electron chi connectivity index (χ1n) is 7.82. The minimum atomic E-state index is -0.683. The highest BCUT2D eigenvalue weighted by molar-refractivity contribution is 6.32. The highest BCUT2D eigenvalue weighted by Gasteiger charge is 2.32. The summed E-state index contributed by atoms with van der Waals surface area (Å²) in [6.07, 6.45) is 1.56. The summed E-state index contributed by atoms with van der Waals surface area (Å²) in [6.45, 7) is 3.69. The van der Waals surface area contributed by atoms with Gasteiger partial charge >= 0.3 is 0 Å². The number of hydrogen-bond acceptors (Lipinski definition) is 4. The molecule has 6 heteroatoms. The van der Waals surface area contributed by atoms with Gasteiger partial charge in [0.1, 0.15) is 11.9 Å². The Hall–Kier alpha value is -1.30. The fourth-order valence-electron chi connectivity index (χ4n) is 2.94. The van der Waals surface area contributed by atoms with Crippen LogP contribution < -0.4 is 10.1 Å². The van der Waals surface area contributed by atoms with E-state index in [9.17, 15) is 9.90 Å². The zero-order valence-corrected chi connectivity index (χ0v) is 14.5. The van der Waals surface area contributed by atoms with E-state index in [1.807, 2.05) is 13.8 Å². The Balaban J connectivity index is 1.88. The molecule has 1 fully saturated rings. The van der Waals surface area contributed by atoms with Gasteiger partial charge in [0, 0.05) is 12.1 Å². The second kappa shape index (κ2) is 7.99. The largest absolute Gasteiger partial charge is 0.484 e. The number of aliphatic hydroxyl groups is 1. The van der Waals surface area contributed by atoms with E-state index in [-0.39, 0.29) is 24.7 Å². The summed E-state index contributed by atoms with van der Waals surface area (Å²) in [4.78, 5) is 12.0. The number of aliphatic hydroxyl groups excluding tert-OH is 1. The molecule has 0 heterocycles. The average molecular weight is 342 g/mol. The zero-order chi connectivity index (χ0) is 17.0. The van der Waals surface area contributed by atoms with Gasteiger partial charge in [-0.25, -0.2) is 0 Å². The number of halogens is 1. The molecule has 1 aliphatic carbocycles. The van der Waals surface area contributed by atoms with E-state index in [2.05, 4.69) is 5.32 Å². The van der Waals surface area contributed by atoms with Crippen LogP contribution in [-0.2, 0) is 9.53 Å². The van der Waals surface area contributed by atoms with Crippen molar-refractivity contribution in [1.29, 1.82) is 0 Å². The number of nitrogens with one attached hydrogen (secondary N) is 1. The van der Waals surface area contributed by atoms with Gasteiger partial charge in [-0.15, -0.1) is 0 Å². The highest BCUT2D eigenvalue weighted by atomic mass is 35.5. The van der Waals surface area contributed by atoms with Gasteiger partial charge < -0.3 is 19.9 Å². The molecule has 128 valence electrons. The van der Waals surface area contributed by atoms with Crippen molar-refractivity contribution in [3.8, 4) is 5.75 Å². The number of carbonyl (C=O) groups excluding carboxylic acids is 1. The third-order valence-electron chi connectivity index (χ3n) is 4.23. The minimum Gasteiger partial charge on any atom is -0.484 e. The lowest BCUT2D eigenvalue weighted by molar-refractivity contribution is -0.126. The van der Waals surface area contributed by atoms with Crippen molar-refractivity contribution in [2.24, 2.45) is 0 Å². The van der Waals surface area contributed by atoms with Crippen molar-refractivity contribution in [3.63, 3.8) is 0 Å². The Kier molecular flexibility index (Phi) is 6.27. The summed E-state index contributed by atoms with van der Waals surface area (Å²) < 4.78 is 10.8. The topological polar surface area (TPSA) is 67.8 Å². The van der Waals surface area contributed by atoms with Crippen LogP contribution in [0.15, 0.2) is 12.1 Å². The van der Waals surface area contributed by atoms with Crippen LogP contribution in [-0.4, -0.2) is 43.0 Å². The molecule has 0 aliphatic heterocycles. The molecule has 5 nitrogen and oxygen atoms in total. The van der Waals surface area contributed by atoms with E-state index in [1.54, 1.807) is 19.2 Å². The van der Waals surface area contributed by atoms with Crippen LogP contribution in [0.2, 0.25) is 5.02 Å². The highest BCUT2D eigenvalue weighted by Crippen LogP contribution is 2.26. The standard InChI is InChI=1S/C17H24ClNO4/c1-10-7-12(8-11(2)16(10)18)23-9-15(20)19-13-5-4-6-14(22-3)17(13)21/h7-8,13-14,17,21H,4-6,9H2,1-3H3,(H,19,20)/t13-,14-,17-/m1/s1. The van der Waals surface area contributed by atoms with Gasteiger partial charge in [0.2, 0.25) is 0 Å². The maximum Gasteiger partial charge on any atom is 0.258 e. The van der Waals surface area contributed by atoms with Gasteiger partial charge in [-0.05, 0) is 56.4 Å². The number of rotatable bonds is 5. The van der Waals surface area contributed by atoms with Crippen molar-refractivity contribution in [2.75, 3.05) is 13.7 Å². The van der Waals surface area contributed by atoms with Crippen LogP contribution in [0.4, 0.5) is 0 Å². The molecule has 1 saturated carbocycles. The maximum absolute atomic E-state index is 12.0. The fourth-order valence-corrected chi connectivity index (χ4v) is 3.05. The fraction of sp³-hybridized carbons (Fsp3) is 0.588. The van der Waals surface area contributed by atoms with E-state index >= 15 is 0 Å². The van der Waals surface area contributed by atoms with Crippen LogP contribution in [0.3, 0.4) is 0 Å². The third-order valence-corrected chi connectivity index (χ3v) is 4.82. The van der Waals surface area contributed by atoms with Gasteiger partial charge in [-0.2, -0.15) is 0 Å². The molecular weight excluding hydrogens is 318 g/mol. The molecule has 2 rings (SSSR count). The maximum atomic E-state index is 12.0. The minimum absolute atomic E-state index is 0.0959. The summed E-state index contributed by atoms with van der Waals surface area (Å²) in [7, 11) is 1.58. The Morgan fingerprint density at radius 1 is 1.35 bits per heavy atom. The van der Waals surface area contributed by atoms with E-state index in [0.717, 1.165) is 30.4 Å². The molecule has 1 aromatic rings. The number of carbonyl (C=O) groups is 1. The predicted octanol–water partition coefficient (Wildman–Crippen LogP) is 2.38. The lowest BCUT2D eigenvalue weighted by Gasteiger charge is -2.34. The summed E-state index contributed by atoms with van der Waals surface area (Å²) >= 11 is 6.11. The van der Waals surface area contributed by atoms with Crippen molar-refractivity contribution in [3.05, 3.63) is 28.3 Å². The average Bonchev–Trinajstić information content (AvgIpc) is 2.52. The van der Waals surface area contributed by atoms with E-state index < -0.39 is 6.10 Å². The van der Waals surface area contributed by atoms with Gasteiger partial charge in [-0.1, -0.05) is 11.6 Å². The van der Waals surface area contributed by atoms with Crippen LogP contribution >= 0.6 is 11.6 Å². The first-order chi connectivity index (χ1) is 10.9. The normalized spacial score (nSPS) is 24.3. The Bertz CT molecular complexity index is 541. The van der Waals surface area contributed by atoms with Gasteiger partial charge in [-0.3, -0.25) is 4.79 Å². The molecular formula is C17H24ClNO4. The smallest absolute Gasteiger partial charge is 0.258 e. The molecule has 2 N–H and O–H groups in total. The Morgan fingerprint density at radius 3 is 2.61 bits per heavy atom. The second-order valence-electron chi connectivity index (χ2n) is 6.03. The van der Waals surface area contributed by atoms with Crippen LogP contribution in [0.1, 0.15) is 30.4 Å². The second-order valence-corrected chi connectivity index (χ2v) is 6.41. The van der Waals surface area contributed by atoms with Crippen molar-refractivity contribution < 1.29 is 19.4 Å². The molecule has 0 radical (unpaired) electrons. The molecule has 1 amide bonds. The molecule has 0 saturated heterocycles. The van der Waals surface area contributed by atoms with Crippen molar-refractivity contribution in [2.45, 2.75) is 51.4 Å². The van der Waals surface area contributed by atoms with Crippen LogP contribution in [0, 0.1) is 13.8 Å². The number of aryl methyl sites for hydroxylation is 2.